The lowest BCUT2D eigenvalue weighted by Crippen LogP contribution is -2.40. The van der Waals surface area contributed by atoms with Gasteiger partial charge >= 0.3 is 0 Å². The van der Waals surface area contributed by atoms with Gasteiger partial charge in [0.1, 0.15) is 12.3 Å². The summed E-state index contributed by atoms with van der Waals surface area (Å²) < 4.78 is 35.7. The number of nitrogens with zero attached hydrogens (tertiary/aromatic N) is 3. The molecule has 3 aromatic rings. The van der Waals surface area contributed by atoms with Gasteiger partial charge in [-0.15, -0.1) is 0 Å². The van der Waals surface area contributed by atoms with Crippen molar-refractivity contribution < 1.29 is 22.5 Å². The van der Waals surface area contributed by atoms with Gasteiger partial charge in [0, 0.05) is 5.56 Å². The third-order valence-electron chi connectivity index (χ3n) is 4.21. The Morgan fingerprint density at radius 3 is 2.67 bits per heavy atom. The standard InChI is InChI=1S/C20H22N4O5S/c1-14-6-4-8-16(10-14)24(30(3,26)27)13-18(25)21-12-19-22-20(23-29-19)15-7-5-9-17(11-15)28-2/h4-11H,12-13H2,1-3H3,(H,21,25). The summed E-state index contributed by atoms with van der Waals surface area (Å²) in [6, 6.07) is 14.1. The first-order valence-corrected chi connectivity index (χ1v) is 10.9. The Labute approximate surface area is 174 Å². The summed E-state index contributed by atoms with van der Waals surface area (Å²) in [7, 11) is -2.08. The van der Waals surface area contributed by atoms with Crippen molar-refractivity contribution in [3.05, 3.63) is 60.0 Å². The number of sulfonamides is 1. The first-order valence-electron chi connectivity index (χ1n) is 9.04. The van der Waals surface area contributed by atoms with Crippen molar-refractivity contribution in [1.82, 2.24) is 15.5 Å². The van der Waals surface area contributed by atoms with Crippen LogP contribution in [0.25, 0.3) is 11.4 Å². The number of amides is 1. The lowest BCUT2D eigenvalue weighted by Gasteiger charge is -2.22. The molecule has 158 valence electrons. The molecule has 1 heterocycles. The number of hydrogen-bond acceptors (Lipinski definition) is 7. The molecule has 2 aromatic carbocycles. The molecule has 0 aliphatic rings. The normalized spacial score (nSPS) is 11.2. The zero-order valence-electron chi connectivity index (χ0n) is 16.8. The molecule has 0 unspecified atom stereocenters. The number of methoxy groups -OCH3 is 1. The molecule has 0 atom stereocenters. The van der Waals surface area contributed by atoms with Gasteiger partial charge < -0.3 is 14.6 Å². The lowest BCUT2D eigenvalue weighted by molar-refractivity contribution is -0.119. The van der Waals surface area contributed by atoms with E-state index in [2.05, 4.69) is 15.5 Å². The number of hydrogen-bond donors (Lipinski definition) is 1. The van der Waals surface area contributed by atoms with Gasteiger partial charge in [0.05, 0.1) is 25.6 Å². The molecule has 0 saturated heterocycles. The van der Waals surface area contributed by atoms with E-state index in [0.29, 0.717) is 22.8 Å². The van der Waals surface area contributed by atoms with E-state index in [0.717, 1.165) is 16.1 Å². The number of ether oxygens (including phenoxy) is 1. The maximum absolute atomic E-state index is 12.4. The van der Waals surface area contributed by atoms with Crippen LogP contribution in [-0.4, -0.2) is 44.4 Å². The van der Waals surface area contributed by atoms with Crippen LogP contribution in [0.3, 0.4) is 0 Å². The van der Waals surface area contributed by atoms with E-state index in [-0.39, 0.29) is 19.0 Å². The van der Waals surface area contributed by atoms with E-state index < -0.39 is 15.9 Å². The van der Waals surface area contributed by atoms with Gasteiger partial charge in [-0.25, -0.2) is 8.42 Å². The molecule has 0 saturated carbocycles. The maximum atomic E-state index is 12.4. The van der Waals surface area contributed by atoms with Crippen LogP contribution in [0, 0.1) is 6.92 Å². The van der Waals surface area contributed by atoms with E-state index in [4.69, 9.17) is 9.26 Å². The van der Waals surface area contributed by atoms with Gasteiger partial charge in [-0.05, 0) is 36.8 Å². The highest BCUT2D eigenvalue weighted by Gasteiger charge is 2.21. The number of anilines is 1. The quantitative estimate of drug-likeness (QED) is 0.582. The van der Waals surface area contributed by atoms with Gasteiger partial charge in [0.15, 0.2) is 0 Å². The van der Waals surface area contributed by atoms with Crippen LogP contribution in [0.2, 0.25) is 0 Å². The van der Waals surface area contributed by atoms with Crippen molar-refractivity contribution in [2.24, 2.45) is 0 Å². The minimum absolute atomic E-state index is 0.0266. The Hall–Kier alpha value is -3.40. The molecule has 10 heteroatoms. The van der Waals surface area contributed by atoms with Gasteiger partial charge in [-0.2, -0.15) is 4.98 Å². The molecule has 1 N–H and O–H groups in total. The number of aromatic nitrogens is 2. The molecular formula is C20H22N4O5S. The molecule has 0 bridgehead atoms. The topological polar surface area (TPSA) is 115 Å². The van der Waals surface area contributed by atoms with Gasteiger partial charge in [-0.3, -0.25) is 9.10 Å². The van der Waals surface area contributed by atoms with Crippen molar-refractivity contribution in [2.45, 2.75) is 13.5 Å². The smallest absolute Gasteiger partial charge is 0.246 e. The number of carbonyl (C=O) groups excluding carboxylic acids is 1. The highest BCUT2D eigenvalue weighted by molar-refractivity contribution is 7.92. The van der Waals surface area contributed by atoms with Crippen molar-refractivity contribution >= 4 is 21.6 Å². The largest absolute Gasteiger partial charge is 0.497 e. The van der Waals surface area contributed by atoms with Gasteiger partial charge in [0.25, 0.3) is 0 Å². The zero-order chi connectivity index (χ0) is 21.7. The SMILES string of the molecule is COc1cccc(-c2noc(CNC(=O)CN(c3cccc(C)c3)S(C)(=O)=O)n2)c1. The van der Waals surface area contributed by atoms with Crippen molar-refractivity contribution in [2.75, 3.05) is 24.2 Å². The van der Waals surface area contributed by atoms with Gasteiger partial charge in [0.2, 0.25) is 27.6 Å². The van der Waals surface area contributed by atoms with Crippen LogP contribution in [-0.2, 0) is 21.4 Å². The summed E-state index contributed by atoms with van der Waals surface area (Å²) >= 11 is 0. The minimum Gasteiger partial charge on any atom is -0.497 e. The average molecular weight is 430 g/mol. The van der Waals surface area contributed by atoms with E-state index in [1.54, 1.807) is 43.5 Å². The van der Waals surface area contributed by atoms with Crippen LogP contribution in [0.5, 0.6) is 5.75 Å². The monoisotopic (exact) mass is 430 g/mol. The molecule has 1 aromatic heterocycles. The maximum Gasteiger partial charge on any atom is 0.246 e. The number of carbonyl (C=O) groups is 1. The third-order valence-corrected chi connectivity index (χ3v) is 5.35. The Kier molecular flexibility index (Phi) is 6.36. The van der Waals surface area contributed by atoms with Crippen LogP contribution in [0.1, 0.15) is 11.5 Å². The summed E-state index contributed by atoms with van der Waals surface area (Å²) in [5, 5.41) is 6.51. The Balaban J connectivity index is 1.65. The molecule has 30 heavy (non-hydrogen) atoms. The van der Waals surface area contributed by atoms with E-state index in [1.165, 1.54) is 0 Å². The number of nitrogens with one attached hydrogen (secondary N) is 1. The second-order valence-electron chi connectivity index (χ2n) is 6.63. The summed E-state index contributed by atoms with van der Waals surface area (Å²) in [4.78, 5) is 16.6. The molecule has 0 radical (unpaired) electrons. The van der Waals surface area contributed by atoms with Crippen molar-refractivity contribution in [3.8, 4) is 17.1 Å². The third kappa shape index (κ3) is 5.35. The molecule has 3 rings (SSSR count). The van der Waals surface area contributed by atoms with Crippen LogP contribution >= 0.6 is 0 Å². The number of rotatable bonds is 8. The molecule has 0 fully saturated rings. The van der Waals surface area contributed by atoms with Crippen LogP contribution in [0.15, 0.2) is 53.1 Å². The fourth-order valence-electron chi connectivity index (χ4n) is 2.75. The summed E-state index contributed by atoms with van der Waals surface area (Å²) in [6.45, 7) is 1.46. The minimum atomic E-state index is -3.64. The van der Waals surface area contributed by atoms with Crippen molar-refractivity contribution in [1.29, 1.82) is 0 Å². The molecule has 0 aliphatic carbocycles. The van der Waals surface area contributed by atoms with E-state index >= 15 is 0 Å². The van der Waals surface area contributed by atoms with E-state index in [9.17, 15) is 13.2 Å². The second-order valence-corrected chi connectivity index (χ2v) is 8.54. The summed E-state index contributed by atoms with van der Waals surface area (Å²) in [5.41, 5.74) is 2.02. The fraction of sp³-hybridized carbons (Fsp3) is 0.250. The first kappa shape index (κ1) is 21.3. The first-order chi connectivity index (χ1) is 14.3. The Bertz CT molecular complexity index is 1140. The highest BCUT2D eigenvalue weighted by Crippen LogP contribution is 2.21. The molecular weight excluding hydrogens is 408 g/mol. The zero-order valence-corrected chi connectivity index (χ0v) is 17.6. The van der Waals surface area contributed by atoms with Gasteiger partial charge in [-0.1, -0.05) is 29.4 Å². The van der Waals surface area contributed by atoms with E-state index in [1.807, 2.05) is 19.1 Å². The fourth-order valence-corrected chi connectivity index (χ4v) is 3.60. The predicted octanol–water partition coefficient (Wildman–Crippen LogP) is 2.14. The molecule has 0 spiro atoms. The molecule has 0 aliphatic heterocycles. The highest BCUT2D eigenvalue weighted by atomic mass is 32.2. The van der Waals surface area contributed by atoms with Crippen LogP contribution < -0.4 is 14.4 Å². The number of benzene rings is 2. The lowest BCUT2D eigenvalue weighted by atomic mass is 10.2. The number of aryl methyl sites for hydroxylation is 1. The molecule has 9 nitrogen and oxygen atoms in total. The second kappa shape index (κ2) is 8.95. The Morgan fingerprint density at radius 2 is 1.97 bits per heavy atom. The Morgan fingerprint density at radius 1 is 1.20 bits per heavy atom. The summed E-state index contributed by atoms with van der Waals surface area (Å²) in [5.74, 6) is 0.713. The average Bonchev–Trinajstić information content (AvgIpc) is 3.19. The molecule has 1 amide bonds. The van der Waals surface area contributed by atoms with Crippen molar-refractivity contribution in [3.63, 3.8) is 0 Å². The predicted molar refractivity (Wildman–Crippen MR) is 112 cm³/mol. The van der Waals surface area contributed by atoms with Crippen LogP contribution in [0.4, 0.5) is 5.69 Å². The summed E-state index contributed by atoms with van der Waals surface area (Å²) in [6.07, 6.45) is 1.06.